The first-order valence-corrected chi connectivity index (χ1v) is 7.36. The predicted octanol–water partition coefficient (Wildman–Crippen LogP) is 4.13. The Morgan fingerprint density at radius 2 is 1.90 bits per heavy atom. The van der Waals surface area contributed by atoms with Crippen LogP contribution in [-0.4, -0.2) is 19.3 Å². The smallest absolute Gasteiger partial charge is 0.133 e. The Kier molecular flexibility index (Phi) is 7.10. The van der Waals surface area contributed by atoms with Gasteiger partial charge in [0, 0.05) is 12.2 Å². The SMILES string of the molecule is CCCC(OCC)C(NCC)c1c(F)ccc(C)c1F. The minimum Gasteiger partial charge on any atom is -0.377 e. The second-order valence-electron chi connectivity index (χ2n) is 4.91. The molecule has 1 aromatic rings. The van der Waals surface area contributed by atoms with Crippen molar-refractivity contribution in [1.82, 2.24) is 5.32 Å². The minimum absolute atomic E-state index is 0.0961. The molecule has 0 spiro atoms. The molecule has 0 fully saturated rings. The van der Waals surface area contributed by atoms with Crippen LogP contribution in [0.4, 0.5) is 8.78 Å². The monoisotopic (exact) mass is 285 g/mol. The van der Waals surface area contributed by atoms with Crippen LogP contribution < -0.4 is 5.32 Å². The Morgan fingerprint density at radius 3 is 2.45 bits per heavy atom. The zero-order valence-corrected chi connectivity index (χ0v) is 12.8. The first-order valence-electron chi connectivity index (χ1n) is 7.36. The number of likely N-dealkylation sites (N-methyl/N-ethyl adjacent to an activating group) is 1. The van der Waals surface area contributed by atoms with Crippen LogP contribution >= 0.6 is 0 Å². The number of ether oxygens (including phenoxy) is 1. The van der Waals surface area contributed by atoms with E-state index in [1.54, 1.807) is 6.92 Å². The Morgan fingerprint density at radius 1 is 1.20 bits per heavy atom. The molecule has 0 radical (unpaired) electrons. The molecular formula is C16H25F2NO. The quantitative estimate of drug-likeness (QED) is 0.775. The lowest BCUT2D eigenvalue weighted by Crippen LogP contribution is -2.35. The highest BCUT2D eigenvalue weighted by molar-refractivity contribution is 5.30. The molecule has 0 heterocycles. The van der Waals surface area contributed by atoms with Crippen molar-refractivity contribution in [3.05, 3.63) is 34.9 Å². The van der Waals surface area contributed by atoms with E-state index in [4.69, 9.17) is 4.74 Å². The van der Waals surface area contributed by atoms with Crippen LogP contribution in [0.5, 0.6) is 0 Å². The summed E-state index contributed by atoms with van der Waals surface area (Å²) in [5, 5.41) is 3.17. The second-order valence-corrected chi connectivity index (χ2v) is 4.91. The Labute approximate surface area is 120 Å². The minimum atomic E-state index is -0.514. The average Bonchev–Trinajstić information content (AvgIpc) is 2.42. The van der Waals surface area contributed by atoms with Crippen molar-refractivity contribution in [1.29, 1.82) is 0 Å². The van der Waals surface area contributed by atoms with Gasteiger partial charge < -0.3 is 10.1 Å². The van der Waals surface area contributed by atoms with Crippen LogP contribution in [0.2, 0.25) is 0 Å². The number of rotatable bonds is 8. The molecule has 0 bridgehead atoms. The van der Waals surface area contributed by atoms with E-state index in [-0.39, 0.29) is 11.7 Å². The number of halogens is 2. The van der Waals surface area contributed by atoms with Crippen LogP contribution in [-0.2, 0) is 4.74 Å². The molecule has 0 aliphatic rings. The number of aryl methyl sites for hydroxylation is 1. The molecule has 0 aromatic heterocycles. The van der Waals surface area contributed by atoms with Gasteiger partial charge in [-0.1, -0.05) is 26.3 Å². The summed E-state index contributed by atoms with van der Waals surface area (Å²) in [6, 6.07) is 2.33. The molecule has 0 aliphatic heterocycles. The van der Waals surface area contributed by atoms with Crippen LogP contribution in [0.3, 0.4) is 0 Å². The van der Waals surface area contributed by atoms with Gasteiger partial charge in [-0.25, -0.2) is 8.78 Å². The van der Waals surface area contributed by atoms with E-state index in [2.05, 4.69) is 5.32 Å². The molecule has 0 amide bonds. The molecule has 2 nitrogen and oxygen atoms in total. The second kappa shape index (κ2) is 8.32. The number of hydrogen-bond donors (Lipinski definition) is 1. The van der Waals surface area contributed by atoms with E-state index in [1.807, 2.05) is 20.8 Å². The third-order valence-corrected chi connectivity index (χ3v) is 3.38. The van der Waals surface area contributed by atoms with Crippen molar-refractivity contribution in [3.8, 4) is 0 Å². The van der Waals surface area contributed by atoms with E-state index in [1.165, 1.54) is 12.1 Å². The molecule has 114 valence electrons. The third kappa shape index (κ3) is 4.00. The van der Waals surface area contributed by atoms with Crippen LogP contribution in [0, 0.1) is 18.6 Å². The van der Waals surface area contributed by atoms with Gasteiger partial charge in [0.25, 0.3) is 0 Å². The van der Waals surface area contributed by atoms with Gasteiger partial charge >= 0.3 is 0 Å². The lowest BCUT2D eigenvalue weighted by molar-refractivity contribution is 0.0261. The average molecular weight is 285 g/mol. The fraction of sp³-hybridized carbons (Fsp3) is 0.625. The summed E-state index contributed by atoms with van der Waals surface area (Å²) in [6.45, 7) is 8.67. The maximum absolute atomic E-state index is 14.3. The summed E-state index contributed by atoms with van der Waals surface area (Å²) in [7, 11) is 0. The van der Waals surface area contributed by atoms with Crippen molar-refractivity contribution in [3.63, 3.8) is 0 Å². The van der Waals surface area contributed by atoms with Crippen molar-refractivity contribution in [2.24, 2.45) is 0 Å². The van der Waals surface area contributed by atoms with Gasteiger partial charge in [0.15, 0.2) is 0 Å². The highest BCUT2D eigenvalue weighted by Gasteiger charge is 2.28. The lowest BCUT2D eigenvalue weighted by Gasteiger charge is -2.29. The summed E-state index contributed by atoms with van der Waals surface area (Å²) < 4.78 is 34.2. The van der Waals surface area contributed by atoms with E-state index in [9.17, 15) is 8.78 Å². The predicted molar refractivity (Wildman–Crippen MR) is 77.8 cm³/mol. The van der Waals surface area contributed by atoms with Crippen molar-refractivity contribution < 1.29 is 13.5 Å². The molecular weight excluding hydrogens is 260 g/mol. The van der Waals surface area contributed by atoms with Gasteiger partial charge in [0.1, 0.15) is 11.6 Å². The standard InChI is InChI=1S/C16H25F2NO/c1-5-8-13(20-7-3)16(19-6-2)14-12(17)10-9-11(4)15(14)18/h9-10,13,16,19H,5-8H2,1-4H3. The van der Waals surface area contributed by atoms with Gasteiger partial charge in [-0.05, 0) is 38.4 Å². The Bertz CT molecular complexity index is 417. The maximum atomic E-state index is 14.3. The van der Waals surface area contributed by atoms with Crippen LogP contribution in [0.25, 0.3) is 0 Å². The topological polar surface area (TPSA) is 21.3 Å². The molecule has 0 saturated carbocycles. The van der Waals surface area contributed by atoms with Gasteiger partial charge in [0.05, 0.1) is 12.1 Å². The summed E-state index contributed by atoms with van der Waals surface area (Å²) in [6.07, 6.45) is 1.44. The van der Waals surface area contributed by atoms with E-state index in [0.717, 1.165) is 12.8 Å². The van der Waals surface area contributed by atoms with Gasteiger partial charge in [0.2, 0.25) is 0 Å². The largest absolute Gasteiger partial charge is 0.377 e. The number of hydrogen-bond acceptors (Lipinski definition) is 2. The maximum Gasteiger partial charge on any atom is 0.133 e. The summed E-state index contributed by atoms with van der Waals surface area (Å²) in [4.78, 5) is 0. The first-order chi connectivity index (χ1) is 9.56. The molecule has 1 rings (SSSR count). The van der Waals surface area contributed by atoms with Crippen molar-refractivity contribution in [2.45, 2.75) is 52.7 Å². The molecule has 4 heteroatoms. The van der Waals surface area contributed by atoms with Gasteiger partial charge in [-0.15, -0.1) is 0 Å². The molecule has 1 aromatic carbocycles. The van der Waals surface area contributed by atoms with Crippen LogP contribution in [0.15, 0.2) is 12.1 Å². The highest BCUT2D eigenvalue weighted by atomic mass is 19.1. The summed E-state index contributed by atoms with van der Waals surface area (Å²) in [5.74, 6) is -0.989. The number of benzene rings is 1. The molecule has 0 saturated heterocycles. The first kappa shape index (κ1) is 17.1. The lowest BCUT2D eigenvalue weighted by atomic mass is 9.95. The van der Waals surface area contributed by atoms with Gasteiger partial charge in [-0.2, -0.15) is 0 Å². The van der Waals surface area contributed by atoms with Crippen molar-refractivity contribution in [2.75, 3.05) is 13.2 Å². The van der Waals surface area contributed by atoms with E-state index in [0.29, 0.717) is 18.7 Å². The fourth-order valence-electron chi connectivity index (χ4n) is 2.45. The zero-order chi connectivity index (χ0) is 15.1. The van der Waals surface area contributed by atoms with Crippen molar-refractivity contribution >= 4 is 0 Å². The molecule has 0 aliphatic carbocycles. The normalized spacial score (nSPS) is 14.3. The highest BCUT2D eigenvalue weighted by Crippen LogP contribution is 2.29. The van der Waals surface area contributed by atoms with Crippen LogP contribution in [0.1, 0.15) is 50.8 Å². The Hall–Kier alpha value is -1.00. The fourth-order valence-corrected chi connectivity index (χ4v) is 2.45. The molecule has 20 heavy (non-hydrogen) atoms. The molecule has 1 N–H and O–H groups in total. The molecule has 2 atom stereocenters. The van der Waals surface area contributed by atoms with E-state index >= 15 is 0 Å². The summed E-state index contributed by atoms with van der Waals surface area (Å²) in [5.41, 5.74) is 0.551. The molecule has 2 unspecified atom stereocenters. The van der Waals surface area contributed by atoms with E-state index < -0.39 is 17.7 Å². The zero-order valence-electron chi connectivity index (χ0n) is 12.8. The Balaban J connectivity index is 3.21. The summed E-state index contributed by atoms with van der Waals surface area (Å²) >= 11 is 0. The van der Waals surface area contributed by atoms with Gasteiger partial charge in [-0.3, -0.25) is 0 Å². The number of nitrogens with one attached hydrogen (secondary N) is 1. The third-order valence-electron chi connectivity index (χ3n) is 3.38.